The molecule has 0 bridgehead atoms. The third kappa shape index (κ3) is 3.74. The first-order valence-electron chi connectivity index (χ1n) is 11.3. The van der Waals surface area contributed by atoms with Crippen LogP contribution in [0, 0.1) is 5.82 Å². The van der Waals surface area contributed by atoms with Crippen molar-refractivity contribution in [2.45, 2.75) is 32.2 Å². The van der Waals surface area contributed by atoms with Crippen LogP contribution in [0.4, 0.5) is 4.39 Å². The fraction of sp³-hybridized carbons (Fsp3) is 0.375. The number of nitrogens with zero attached hydrogens (tertiary/aromatic N) is 5. The Labute approximate surface area is 187 Å². The number of fused-ring (bicyclic) bond motifs is 1. The largest absolute Gasteiger partial charge is 0.309 e. The first-order valence-corrected chi connectivity index (χ1v) is 11.3. The molecule has 3 aliphatic rings. The number of aliphatic imine (C=N–C) groups is 1. The predicted octanol–water partition coefficient (Wildman–Crippen LogP) is 1.98. The van der Waals surface area contributed by atoms with Gasteiger partial charge < -0.3 is 5.32 Å². The minimum Gasteiger partial charge on any atom is -0.309 e. The molecule has 7 nitrogen and oxygen atoms in total. The molecule has 1 fully saturated rings. The van der Waals surface area contributed by atoms with Gasteiger partial charge in [0.25, 0.3) is 5.84 Å². The maximum atomic E-state index is 13.6. The number of quaternary nitrogens is 1. The Hall–Kier alpha value is -2.94. The number of rotatable bonds is 5. The Bertz CT molecular complexity index is 1060. The highest BCUT2D eigenvalue weighted by Crippen LogP contribution is 2.28. The summed E-state index contributed by atoms with van der Waals surface area (Å²) in [6, 6.07) is 10.5. The second-order valence-corrected chi connectivity index (χ2v) is 8.52. The van der Waals surface area contributed by atoms with E-state index in [0.717, 1.165) is 65.7 Å². The highest BCUT2D eigenvalue weighted by molar-refractivity contribution is 6.29. The van der Waals surface area contributed by atoms with Crippen molar-refractivity contribution in [3.05, 3.63) is 65.7 Å². The normalized spacial score (nSPS) is 22.8. The average Bonchev–Trinajstić information content (AvgIpc) is 3.23. The van der Waals surface area contributed by atoms with Gasteiger partial charge in [-0.1, -0.05) is 13.8 Å². The molecule has 0 amide bonds. The fourth-order valence-electron chi connectivity index (χ4n) is 4.76. The molecule has 5 rings (SSSR count). The minimum absolute atomic E-state index is 0.117. The van der Waals surface area contributed by atoms with E-state index >= 15 is 0 Å². The summed E-state index contributed by atoms with van der Waals surface area (Å²) in [6.07, 6.45) is 7.61. The summed E-state index contributed by atoms with van der Waals surface area (Å²) in [5, 5.41) is 12.9. The SMILES string of the molecule is CCC1(CC)CN(N2C[NH+]3C(=NC(c4ccc(F)cc4)=C3c3ccncc3)C=N2)CCN1. The molecule has 0 saturated carbocycles. The zero-order valence-corrected chi connectivity index (χ0v) is 18.6. The van der Waals surface area contributed by atoms with Crippen molar-refractivity contribution >= 4 is 23.4 Å². The molecular weight excluding hydrogens is 405 g/mol. The number of benzene rings is 1. The van der Waals surface area contributed by atoms with Crippen LogP contribution in [0.3, 0.4) is 0 Å². The first kappa shape index (κ1) is 20.9. The molecule has 3 aliphatic heterocycles. The van der Waals surface area contributed by atoms with Gasteiger partial charge in [0.05, 0.1) is 0 Å². The maximum absolute atomic E-state index is 13.6. The van der Waals surface area contributed by atoms with Crippen molar-refractivity contribution in [2.75, 3.05) is 26.3 Å². The summed E-state index contributed by atoms with van der Waals surface area (Å²) in [5.74, 6) is 0.622. The van der Waals surface area contributed by atoms with Crippen molar-refractivity contribution in [3.8, 4) is 0 Å². The van der Waals surface area contributed by atoms with Gasteiger partial charge in [-0.3, -0.25) is 4.98 Å². The number of hydrazine groups is 1. The Morgan fingerprint density at radius 3 is 2.53 bits per heavy atom. The summed E-state index contributed by atoms with van der Waals surface area (Å²) in [7, 11) is 0. The molecule has 1 aromatic carbocycles. The molecule has 0 radical (unpaired) electrons. The van der Waals surface area contributed by atoms with E-state index in [1.807, 2.05) is 18.3 Å². The summed E-state index contributed by atoms with van der Waals surface area (Å²) < 4.78 is 13.6. The van der Waals surface area contributed by atoms with Gasteiger partial charge in [-0.25, -0.2) is 9.29 Å². The van der Waals surface area contributed by atoms with Gasteiger partial charge in [0.15, 0.2) is 12.4 Å². The molecule has 2 N–H and O–H groups in total. The summed E-state index contributed by atoms with van der Waals surface area (Å²) in [6.45, 7) is 7.93. The molecule has 32 heavy (non-hydrogen) atoms. The van der Waals surface area contributed by atoms with Crippen LogP contribution in [0.25, 0.3) is 11.4 Å². The highest BCUT2D eigenvalue weighted by Gasteiger charge is 2.41. The summed E-state index contributed by atoms with van der Waals surface area (Å²) in [4.78, 5) is 10.2. The van der Waals surface area contributed by atoms with E-state index in [4.69, 9.17) is 10.1 Å². The molecular formula is C24H29FN7+. The van der Waals surface area contributed by atoms with Crippen LogP contribution in [0.5, 0.6) is 0 Å². The van der Waals surface area contributed by atoms with Crippen molar-refractivity contribution < 1.29 is 9.29 Å². The van der Waals surface area contributed by atoms with Crippen molar-refractivity contribution in [1.82, 2.24) is 20.4 Å². The van der Waals surface area contributed by atoms with Crippen LogP contribution < -0.4 is 10.2 Å². The lowest BCUT2D eigenvalue weighted by Gasteiger charge is -2.46. The molecule has 1 saturated heterocycles. The van der Waals surface area contributed by atoms with E-state index in [9.17, 15) is 4.39 Å². The van der Waals surface area contributed by atoms with Crippen molar-refractivity contribution in [1.29, 1.82) is 0 Å². The molecule has 1 unspecified atom stereocenters. The van der Waals surface area contributed by atoms with Crippen molar-refractivity contribution in [3.63, 3.8) is 0 Å². The van der Waals surface area contributed by atoms with E-state index in [1.54, 1.807) is 24.5 Å². The van der Waals surface area contributed by atoms with E-state index in [-0.39, 0.29) is 11.4 Å². The molecule has 166 valence electrons. The lowest BCUT2D eigenvalue weighted by molar-refractivity contribution is -0.741. The molecule has 1 aromatic heterocycles. The minimum atomic E-state index is -0.252. The van der Waals surface area contributed by atoms with E-state index in [1.165, 1.54) is 12.1 Å². The second kappa shape index (κ2) is 8.54. The Morgan fingerprint density at radius 1 is 1.06 bits per heavy atom. The van der Waals surface area contributed by atoms with E-state index < -0.39 is 0 Å². The van der Waals surface area contributed by atoms with E-state index in [2.05, 4.69) is 34.3 Å². The van der Waals surface area contributed by atoms with Crippen molar-refractivity contribution in [2.24, 2.45) is 10.1 Å². The van der Waals surface area contributed by atoms with Crippen LogP contribution in [-0.4, -0.2) is 59.0 Å². The van der Waals surface area contributed by atoms with Gasteiger partial charge in [-0.15, -0.1) is 0 Å². The third-order valence-corrected chi connectivity index (χ3v) is 6.81. The zero-order valence-electron chi connectivity index (χ0n) is 18.6. The van der Waals surface area contributed by atoms with Crippen LogP contribution in [0.1, 0.15) is 37.8 Å². The Balaban J connectivity index is 1.49. The number of hydrogen-bond donors (Lipinski definition) is 2. The molecule has 1 atom stereocenters. The predicted molar refractivity (Wildman–Crippen MR) is 124 cm³/mol. The number of hydrogen-bond acceptors (Lipinski definition) is 6. The molecule has 0 aliphatic carbocycles. The number of aromatic nitrogens is 1. The molecule has 8 heteroatoms. The lowest BCUT2D eigenvalue weighted by atomic mass is 9.91. The number of hydrazone groups is 1. The first-order chi connectivity index (χ1) is 15.6. The van der Waals surface area contributed by atoms with Gasteiger partial charge >= 0.3 is 0 Å². The van der Waals surface area contributed by atoms with Gasteiger partial charge in [0, 0.05) is 48.7 Å². The topological polar surface area (TPSA) is 60.6 Å². The quantitative estimate of drug-likeness (QED) is 0.756. The van der Waals surface area contributed by atoms with Crippen LogP contribution in [0.2, 0.25) is 0 Å². The van der Waals surface area contributed by atoms with Crippen LogP contribution in [0.15, 0.2) is 58.9 Å². The number of halogens is 1. The molecule has 0 spiro atoms. The van der Waals surface area contributed by atoms with E-state index in [0.29, 0.717) is 6.67 Å². The Kier molecular flexibility index (Phi) is 5.58. The Morgan fingerprint density at radius 2 is 1.81 bits per heavy atom. The van der Waals surface area contributed by atoms with Crippen LogP contribution >= 0.6 is 0 Å². The highest BCUT2D eigenvalue weighted by atomic mass is 19.1. The van der Waals surface area contributed by atoms with Gasteiger partial charge in [0.1, 0.15) is 17.7 Å². The number of pyridine rings is 1. The maximum Gasteiger partial charge on any atom is 0.254 e. The van der Waals surface area contributed by atoms with Gasteiger partial charge in [-0.05, 0) is 49.2 Å². The van der Waals surface area contributed by atoms with Crippen LogP contribution in [-0.2, 0) is 0 Å². The number of amidine groups is 1. The monoisotopic (exact) mass is 434 g/mol. The smallest absolute Gasteiger partial charge is 0.254 e. The second-order valence-electron chi connectivity index (χ2n) is 8.52. The lowest BCUT2D eigenvalue weighted by Crippen LogP contribution is -3.14. The summed E-state index contributed by atoms with van der Waals surface area (Å²) in [5.41, 5.74) is 3.99. The number of nitrogens with one attached hydrogen (secondary N) is 2. The number of piperazine rings is 1. The molecule has 2 aromatic rings. The summed E-state index contributed by atoms with van der Waals surface area (Å²) >= 11 is 0. The van der Waals surface area contributed by atoms with Gasteiger partial charge in [0.2, 0.25) is 0 Å². The fourth-order valence-corrected chi connectivity index (χ4v) is 4.76. The third-order valence-electron chi connectivity index (χ3n) is 6.81. The standard InChI is InChI=1S/C24H28FN7/c1-3-24(4-2)16-30(14-13-27-24)32-17-31-21(15-28-32)29-22(18-5-7-20(25)8-6-18)23(31)19-9-11-26-12-10-19/h5-12,15,27H,3-4,13-14,16-17H2,1-2H3/p+1. The average molecular weight is 435 g/mol. The van der Waals surface area contributed by atoms with Gasteiger partial charge in [-0.2, -0.15) is 20.2 Å². The zero-order chi connectivity index (χ0) is 22.1. The molecule has 4 heterocycles.